The smallest absolute Gasteiger partial charge is 0.254 e. The van der Waals surface area contributed by atoms with Gasteiger partial charge in [0.15, 0.2) is 5.54 Å². The van der Waals surface area contributed by atoms with Crippen molar-refractivity contribution in [3.63, 3.8) is 0 Å². The van der Waals surface area contributed by atoms with Crippen LogP contribution >= 0.6 is 24.0 Å². The molecule has 0 radical (unpaired) electrons. The molecule has 34 heavy (non-hydrogen) atoms. The van der Waals surface area contributed by atoms with Gasteiger partial charge in [0.05, 0.1) is 18.7 Å². The highest BCUT2D eigenvalue weighted by Gasteiger charge is 2.79. The second kappa shape index (κ2) is 7.53. The van der Waals surface area contributed by atoms with Gasteiger partial charge in [-0.1, -0.05) is 72.5 Å². The Hall–Kier alpha value is -2.94. The molecule has 2 spiro atoms. The number of hydrogen-bond acceptors (Lipinski definition) is 6. The molecule has 6 nitrogen and oxygen atoms in total. The molecule has 3 aliphatic heterocycles. The van der Waals surface area contributed by atoms with Crippen molar-refractivity contribution < 1.29 is 14.0 Å². The van der Waals surface area contributed by atoms with Crippen LogP contribution in [0.2, 0.25) is 0 Å². The zero-order valence-electron chi connectivity index (χ0n) is 18.8. The zero-order chi connectivity index (χ0) is 23.7. The molecule has 0 bridgehead atoms. The Morgan fingerprint density at radius 3 is 2.47 bits per heavy atom. The SMILES string of the molecule is CN1C(=O)[C@]2(c3ccccc31)N(C)C[C@H](c1ccco1)[C@]21SC(=S)N(Cc2ccccc2)C1=O. The highest BCUT2D eigenvalue weighted by Crippen LogP contribution is 2.66. The highest BCUT2D eigenvalue weighted by atomic mass is 32.2. The Bertz CT molecular complexity index is 1310. The summed E-state index contributed by atoms with van der Waals surface area (Å²) in [6.45, 7) is 0.853. The summed E-state index contributed by atoms with van der Waals surface area (Å²) in [5, 5.41) is 0. The number of para-hydroxylation sites is 1. The van der Waals surface area contributed by atoms with Gasteiger partial charge in [-0.25, -0.2) is 0 Å². The maximum Gasteiger partial charge on any atom is 0.254 e. The molecule has 8 heteroatoms. The van der Waals surface area contributed by atoms with Crippen molar-refractivity contribution >= 4 is 45.8 Å². The molecule has 6 rings (SSSR count). The Morgan fingerprint density at radius 2 is 1.74 bits per heavy atom. The van der Waals surface area contributed by atoms with E-state index in [1.165, 1.54) is 11.8 Å². The summed E-state index contributed by atoms with van der Waals surface area (Å²) in [5.74, 6) is 0.0759. The fraction of sp³-hybridized carbons (Fsp3) is 0.269. The zero-order valence-corrected chi connectivity index (χ0v) is 20.4. The monoisotopic (exact) mass is 489 g/mol. The minimum atomic E-state index is -1.20. The number of thiocarbonyl (C=S) groups is 1. The van der Waals surface area contributed by atoms with E-state index in [4.69, 9.17) is 16.6 Å². The van der Waals surface area contributed by atoms with Gasteiger partial charge in [-0.3, -0.25) is 19.4 Å². The average Bonchev–Trinajstić information content (AvgIpc) is 3.57. The van der Waals surface area contributed by atoms with Crippen LogP contribution in [0.5, 0.6) is 0 Å². The predicted octanol–water partition coefficient (Wildman–Crippen LogP) is 3.98. The fourth-order valence-electron chi connectivity index (χ4n) is 5.99. The van der Waals surface area contributed by atoms with Crippen LogP contribution in [0.15, 0.2) is 77.4 Å². The quantitative estimate of drug-likeness (QED) is 0.519. The molecule has 3 aromatic rings. The number of nitrogens with zero attached hydrogens (tertiary/aromatic N) is 3. The third kappa shape index (κ3) is 2.53. The lowest BCUT2D eigenvalue weighted by atomic mass is 9.73. The Labute approximate surface area is 207 Å². The summed E-state index contributed by atoms with van der Waals surface area (Å²) in [6.07, 6.45) is 1.62. The number of furan rings is 1. The molecule has 0 saturated carbocycles. The number of thioether (sulfide) groups is 1. The molecular formula is C26H23N3O3S2. The van der Waals surface area contributed by atoms with Gasteiger partial charge < -0.3 is 9.32 Å². The highest BCUT2D eigenvalue weighted by molar-refractivity contribution is 8.25. The molecule has 3 aliphatic rings. The van der Waals surface area contributed by atoms with Crippen molar-refractivity contribution in [2.45, 2.75) is 22.7 Å². The van der Waals surface area contributed by atoms with Crippen molar-refractivity contribution in [3.8, 4) is 0 Å². The van der Waals surface area contributed by atoms with E-state index in [0.717, 1.165) is 16.8 Å². The average molecular weight is 490 g/mol. The molecule has 0 N–H and O–H groups in total. The largest absolute Gasteiger partial charge is 0.469 e. The van der Waals surface area contributed by atoms with Crippen LogP contribution in [0.3, 0.4) is 0 Å². The number of carbonyl (C=O) groups excluding carboxylic acids is 2. The van der Waals surface area contributed by atoms with Crippen molar-refractivity contribution in [1.29, 1.82) is 0 Å². The van der Waals surface area contributed by atoms with E-state index in [1.807, 2.05) is 78.7 Å². The van der Waals surface area contributed by atoms with E-state index in [0.29, 0.717) is 23.2 Å². The van der Waals surface area contributed by atoms with Crippen molar-refractivity contribution in [1.82, 2.24) is 9.80 Å². The summed E-state index contributed by atoms with van der Waals surface area (Å²) >= 11 is 7.17. The number of likely N-dealkylation sites (N-methyl/N-ethyl adjacent to an activating group) is 2. The Balaban J connectivity index is 1.59. The third-order valence-electron chi connectivity index (χ3n) is 7.43. The molecule has 0 aliphatic carbocycles. The van der Waals surface area contributed by atoms with Crippen LogP contribution in [0.4, 0.5) is 5.69 Å². The summed E-state index contributed by atoms with van der Waals surface area (Å²) in [5.41, 5.74) is 1.44. The van der Waals surface area contributed by atoms with E-state index >= 15 is 0 Å². The normalized spacial score (nSPS) is 28.6. The van der Waals surface area contributed by atoms with Crippen LogP contribution in [0, 0.1) is 0 Å². The lowest BCUT2D eigenvalue weighted by Crippen LogP contribution is -2.62. The first-order valence-corrected chi connectivity index (χ1v) is 12.4. The van der Waals surface area contributed by atoms with E-state index in [-0.39, 0.29) is 17.7 Å². The minimum Gasteiger partial charge on any atom is -0.469 e. The van der Waals surface area contributed by atoms with Gasteiger partial charge in [0.1, 0.15) is 14.8 Å². The van der Waals surface area contributed by atoms with E-state index in [9.17, 15) is 9.59 Å². The van der Waals surface area contributed by atoms with E-state index in [1.54, 1.807) is 23.1 Å². The van der Waals surface area contributed by atoms with Gasteiger partial charge >= 0.3 is 0 Å². The molecule has 4 heterocycles. The van der Waals surface area contributed by atoms with Gasteiger partial charge in [0, 0.05) is 24.8 Å². The number of hydrogen-bond donors (Lipinski definition) is 0. The van der Waals surface area contributed by atoms with Gasteiger partial charge in [-0.2, -0.15) is 0 Å². The second-order valence-electron chi connectivity index (χ2n) is 9.02. The maximum atomic E-state index is 14.6. The summed E-state index contributed by atoms with van der Waals surface area (Å²) in [4.78, 5) is 34.2. The summed E-state index contributed by atoms with van der Waals surface area (Å²) in [7, 11) is 3.71. The number of fused-ring (bicyclic) bond motifs is 3. The van der Waals surface area contributed by atoms with Crippen molar-refractivity contribution in [2.75, 3.05) is 25.5 Å². The number of carbonyl (C=O) groups is 2. The first-order valence-electron chi connectivity index (χ1n) is 11.1. The molecule has 2 fully saturated rings. The molecular weight excluding hydrogens is 466 g/mol. The molecule has 2 amide bonds. The summed E-state index contributed by atoms with van der Waals surface area (Å²) < 4.78 is 5.16. The number of amides is 2. The van der Waals surface area contributed by atoms with Crippen LogP contribution < -0.4 is 4.90 Å². The van der Waals surface area contributed by atoms with Gasteiger partial charge in [0.2, 0.25) is 5.91 Å². The maximum absolute atomic E-state index is 14.6. The van der Waals surface area contributed by atoms with Gasteiger partial charge in [-0.15, -0.1) is 0 Å². The van der Waals surface area contributed by atoms with Crippen LogP contribution in [0.1, 0.15) is 22.8 Å². The number of likely N-dealkylation sites (tertiary alicyclic amines) is 1. The molecule has 2 saturated heterocycles. The molecule has 0 unspecified atom stereocenters. The number of rotatable bonds is 3. The number of benzene rings is 2. The Kier molecular flexibility index (Phi) is 4.78. The standard InChI is InChI=1S/C26H23N3O3S2/c1-27-16-19(21-13-8-14-32-21)26(25(27)18-11-6-7-12-20(18)28(2)22(25)30)23(31)29(24(33)34-26)15-17-9-4-3-5-10-17/h3-14,19H,15-16H2,1-2H3/t19-,25+,26-/m1/s1. The molecule has 1 aromatic heterocycles. The predicted molar refractivity (Wildman–Crippen MR) is 136 cm³/mol. The van der Waals surface area contributed by atoms with Gasteiger partial charge in [-0.05, 0) is 30.8 Å². The number of anilines is 1. The first-order chi connectivity index (χ1) is 16.4. The summed E-state index contributed by atoms with van der Waals surface area (Å²) in [6, 6.07) is 21.3. The van der Waals surface area contributed by atoms with Crippen LogP contribution in [0.25, 0.3) is 0 Å². The van der Waals surface area contributed by atoms with E-state index in [2.05, 4.69) is 0 Å². The first kappa shape index (κ1) is 21.6. The second-order valence-corrected chi connectivity index (χ2v) is 10.9. The Morgan fingerprint density at radius 1 is 1.00 bits per heavy atom. The topological polar surface area (TPSA) is 57.0 Å². The fourth-order valence-corrected chi connectivity index (χ4v) is 8.10. The van der Waals surface area contributed by atoms with Gasteiger partial charge in [0.25, 0.3) is 5.91 Å². The molecule has 2 aromatic carbocycles. The minimum absolute atomic E-state index is 0.115. The van der Waals surface area contributed by atoms with Crippen molar-refractivity contribution in [2.24, 2.45) is 0 Å². The van der Waals surface area contributed by atoms with Crippen LogP contribution in [-0.4, -0.2) is 51.3 Å². The molecule has 3 atom stereocenters. The third-order valence-corrected chi connectivity index (χ3v) is 9.37. The lowest BCUT2D eigenvalue weighted by Gasteiger charge is -2.41. The molecule has 172 valence electrons. The lowest BCUT2D eigenvalue weighted by molar-refractivity contribution is -0.139. The van der Waals surface area contributed by atoms with Crippen molar-refractivity contribution in [3.05, 3.63) is 89.9 Å². The van der Waals surface area contributed by atoms with E-state index < -0.39 is 10.3 Å². The van der Waals surface area contributed by atoms with Crippen LogP contribution in [-0.2, 0) is 21.7 Å².